The highest BCUT2D eigenvalue weighted by Gasteiger charge is 2.10. The van der Waals surface area contributed by atoms with Gasteiger partial charge in [0.1, 0.15) is 0 Å². The van der Waals surface area contributed by atoms with Gasteiger partial charge in [-0.1, -0.05) is 77.2 Å². The molecule has 6 heteroatoms. The number of carbonyl (C=O) groups is 1. The second kappa shape index (κ2) is 15.4. The predicted octanol–water partition coefficient (Wildman–Crippen LogP) is 4.59. The van der Waals surface area contributed by atoms with Crippen molar-refractivity contribution in [3.05, 3.63) is 12.2 Å². The van der Waals surface area contributed by atoms with Gasteiger partial charge in [-0.05, 0) is 18.9 Å². The fourth-order valence-corrected chi connectivity index (χ4v) is 3.10. The minimum Gasteiger partial charge on any atom is -0.341 e. The monoisotopic (exact) mass is 375 g/mol. The molecule has 0 aliphatic heterocycles. The molecule has 0 fully saturated rings. The Morgan fingerprint density at radius 1 is 0.920 bits per heavy atom. The van der Waals surface area contributed by atoms with Gasteiger partial charge >= 0.3 is 0 Å². The van der Waals surface area contributed by atoms with E-state index in [0.717, 1.165) is 12.8 Å². The number of rotatable bonds is 16. The van der Waals surface area contributed by atoms with Crippen LogP contribution in [0, 0.1) is 0 Å². The molecule has 0 radical (unpaired) electrons. The minimum absolute atomic E-state index is 0.000448. The summed E-state index contributed by atoms with van der Waals surface area (Å²) >= 11 is 0. The van der Waals surface area contributed by atoms with Crippen molar-refractivity contribution in [1.29, 1.82) is 0 Å². The summed E-state index contributed by atoms with van der Waals surface area (Å²) in [6.07, 6.45) is 18.5. The fraction of sp³-hybridized carbons (Fsp3) is 0.842. The highest BCUT2D eigenvalue weighted by atomic mass is 32.2. The normalized spacial score (nSPS) is 12.0. The largest absolute Gasteiger partial charge is 0.341 e. The van der Waals surface area contributed by atoms with Crippen LogP contribution in [0.5, 0.6) is 0 Å². The molecule has 0 saturated heterocycles. The Hall–Kier alpha value is -0.880. The molecular weight excluding hydrogens is 338 g/mol. The lowest BCUT2D eigenvalue weighted by molar-refractivity contribution is -0.124. The molecule has 0 aromatic rings. The standard InChI is InChI=1S/C19H37NO4S/c1-3-4-5-6-7-8-9-10-11-12-13-14-15-16-19(21)20(2)17-18-25(22,23)24/h15-16H,3-14,17-18H2,1-2H3,(H,22,23,24)/b16-15+. The van der Waals surface area contributed by atoms with Gasteiger partial charge in [0.15, 0.2) is 0 Å². The first-order valence-electron chi connectivity index (χ1n) is 9.73. The van der Waals surface area contributed by atoms with Gasteiger partial charge in [0.25, 0.3) is 10.1 Å². The summed E-state index contributed by atoms with van der Waals surface area (Å²) < 4.78 is 30.0. The highest BCUT2D eigenvalue weighted by Crippen LogP contribution is 2.12. The van der Waals surface area contributed by atoms with Crippen LogP contribution in [0.1, 0.15) is 84.0 Å². The van der Waals surface area contributed by atoms with E-state index < -0.39 is 15.9 Å². The highest BCUT2D eigenvalue weighted by molar-refractivity contribution is 7.85. The Morgan fingerprint density at radius 3 is 1.88 bits per heavy atom. The zero-order chi connectivity index (χ0) is 19.0. The molecule has 0 atom stereocenters. The topological polar surface area (TPSA) is 74.7 Å². The van der Waals surface area contributed by atoms with Crippen LogP contribution in [0.15, 0.2) is 12.2 Å². The summed E-state index contributed by atoms with van der Waals surface area (Å²) in [7, 11) is -2.49. The summed E-state index contributed by atoms with van der Waals surface area (Å²) in [5.41, 5.74) is 0. The molecule has 1 N–H and O–H groups in total. The number of likely N-dealkylation sites (N-methyl/N-ethyl adjacent to an activating group) is 1. The number of carbonyl (C=O) groups excluding carboxylic acids is 1. The summed E-state index contributed by atoms with van der Waals surface area (Å²) in [4.78, 5) is 13.0. The number of nitrogens with zero attached hydrogens (tertiary/aromatic N) is 1. The van der Waals surface area contributed by atoms with E-state index in [1.54, 1.807) is 0 Å². The Labute approximate surface area is 154 Å². The molecule has 0 unspecified atom stereocenters. The van der Waals surface area contributed by atoms with E-state index in [4.69, 9.17) is 4.55 Å². The van der Waals surface area contributed by atoms with Crippen molar-refractivity contribution >= 4 is 16.0 Å². The molecule has 0 aliphatic rings. The Bertz CT molecular complexity index is 460. The van der Waals surface area contributed by atoms with Crippen LogP contribution in [-0.2, 0) is 14.9 Å². The van der Waals surface area contributed by atoms with E-state index in [2.05, 4.69) is 6.92 Å². The Morgan fingerprint density at radius 2 is 1.40 bits per heavy atom. The van der Waals surface area contributed by atoms with Crippen LogP contribution >= 0.6 is 0 Å². The average Bonchev–Trinajstić information content (AvgIpc) is 2.56. The van der Waals surface area contributed by atoms with Crippen LogP contribution in [0.4, 0.5) is 0 Å². The third-order valence-corrected chi connectivity index (χ3v) is 4.99. The summed E-state index contributed by atoms with van der Waals surface area (Å²) in [6.45, 7) is 2.24. The van der Waals surface area contributed by atoms with Crippen LogP contribution in [0.25, 0.3) is 0 Å². The number of hydrogen-bond acceptors (Lipinski definition) is 3. The lowest BCUT2D eigenvalue weighted by Crippen LogP contribution is -2.30. The van der Waals surface area contributed by atoms with Crippen molar-refractivity contribution in [2.24, 2.45) is 0 Å². The fourth-order valence-electron chi connectivity index (χ4n) is 2.60. The number of unbranched alkanes of at least 4 members (excludes halogenated alkanes) is 11. The maximum absolute atomic E-state index is 11.7. The van der Waals surface area contributed by atoms with E-state index >= 15 is 0 Å². The zero-order valence-electron chi connectivity index (χ0n) is 16.1. The smallest absolute Gasteiger partial charge is 0.266 e. The predicted molar refractivity (Wildman–Crippen MR) is 104 cm³/mol. The van der Waals surface area contributed by atoms with Crippen molar-refractivity contribution in [3.63, 3.8) is 0 Å². The third-order valence-electron chi connectivity index (χ3n) is 4.30. The van der Waals surface area contributed by atoms with Gasteiger partial charge in [0, 0.05) is 13.6 Å². The molecule has 0 bridgehead atoms. The molecule has 1 amide bonds. The van der Waals surface area contributed by atoms with Crippen molar-refractivity contribution in [2.75, 3.05) is 19.3 Å². The molecule has 25 heavy (non-hydrogen) atoms. The van der Waals surface area contributed by atoms with Gasteiger partial charge in [-0.15, -0.1) is 0 Å². The zero-order valence-corrected chi connectivity index (χ0v) is 16.9. The molecule has 148 valence electrons. The van der Waals surface area contributed by atoms with E-state index in [-0.39, 0.29) is 12.5 Å². The van der Waals surface area contributed by atoms with Gasteiger partial charge in [0.05, 0.1) is 5.75 Å². The van der Waals surface area contributed by atoms with E-state index in [9.17, 15) is 13.2 Å². The number of amides is 1. The van der Waals surface area contributed by atoms with Crippen LogP contribution < -0.4 is 0 Å². The molecule has 0 spiro atoms. The minimum atomic E-state index is -4.02. The third kappa shape index (κ3) is 17.7. The van der Waals surface area contributed by atoms with Crippen molar-refractivity contribution < 1.29 is 17.8 Å². The number of hydrogen-bond donors (Lipinski definition) is 1. The SMILES string of the molecule is CCCCCCCCCCCCC/C=C/C(=O)N(C)CCS(=O)(=O)O. The summed E-state index contributed by atoms with van der Waals surface area (Å²) in [6, 6.07) is 0. The molecule has 0 heterocycles. The second-order valence-corrected chi connectivity index (χ2v) is 8.34. The van der Waals surface area contributed by atoms with Crippen molar-refractivity contribution in [2.45, 2.75) is 84.0 Å². The van der Waals surface area contributed by atoms with Crippen molar-refractivity contribution in [1.82, 2.24) is 4.90 Å². The van der Waals surface area contributed by atoms with E-state index in [1.807, 2.05) is 6.08 Å². The Kier molecular flexibility index (Phi) is 14.8. The molecule has 0 aromatic heterocycles. The van der Waals surface area contributed by atoms with Crippen LogP contribution in [0.3, 0.4) is 0 Å². The lowest BCUT2D eigenvalue weighted by Gasteiger charge is -2.13. The maximum Gasteiger partial charge on any atom is 0.266 e. The first-order chi connectivity index (χ1) is 11.9. The van der Waals surface area contributed by atoms with E-state index in [0.29, 0.717) is 0 Å². The average molecular weight is 376 g/mol. The van der Waals surface area contributed by atoms with Gasteiger partial charge in [-0.3, -0.25) is 9.35 Å². The lowest BCUT2D eigenvalue weighted by atomic mass is 10.1. The molecular formula is C19H37NO4S. The first kappa shape index (κ1) is 24.1. The van der Waals surface area contributed by atoms with Gasteiger partial charge in [-0.25, -0.2) is 0 Å². The van der Waals surface area contributed by atoms with Crippen LogP contribution in [0.2, 0.25) is 0 Å². The van der Waals surface area contributed by atoms with Gasteiger partial charge in [0.2, 0.25) is 5.91 Å². The van der Waals surface area contributed by atoms with Crippen molar-refractivity contribution in [3.8, 4) is 0 Å². The molecule has 0 aromatic carbocycles. The Balaban J connectivity index is 3.49. The number of allylic oxidation sites excluding steroid dienone is 1. The summed E-state index contributed by atoms with van der Waals surface area (Å²) in [5, 5.41) is 0. The first-order valence-corrected chi connectivity index (χ1v) is 11.3. The van der Waals surface area contributed by atoms with Gasteiger partial charge in [-0.2, -0.15) is 8.42 Å². The summed E-state index contributed by atoms with van der Waals surface area (Å²) in [5.74, 6) is -0.659. The van der Waals surface area contributed by atoms with E-state index in [1.165, 1.54) is 82.2 Å². The quantitative estimate of drug-likeness (QED) is 0.243. The molecule has 5 nitrogen and oxygen atoms in total. The maximum atomic E-state index is 11.7. The van der Waals surface area contributed by atoms with Crippen LogP contribution in [-0.4, -0.2) is 43.1 Å². The molecule has 0 aliphatic carbocycles. The molecule has 0 rings (SSSR count). The second-order valence-electron chi connectivity index (χ2n) is 6.77. The molecule has 0 saturated carbocycles. The van der Waals surface area contributed by atoms with Gasteiger partial charge < -0.3 is 4.90 Å².